The molecule has 0 aliphatic carbocycles. The molecule has 2 aromatic rings. The van der Waals surface area contributed by atoms with E-state index < -0.39 is 0 Å². The summed E-state index contributed by atoms with van der Waals surface area (Å²) < 4.78 is 11.4. The molecule has 1 aliphatic rings. The molecule has 2 aromatic carbocycles. The molecule has 3 rings (SSSR count). The van der Waals surface area contributed by atoms with Gasteiger partial charge in [-0.3, -0.25) is 0 Å². The van der Waals surface area contributed by atoms with Gasteiger partial charge in [0.25, 0.3) is 0 Å². The smallest absolute Gasteiger partial charge is 0.118 e. The highest BCUT2D eigenvalue weighted by molar-refractivity contribution is 6.30. The number of benzene rings is 2. The molecule has 0 radical (unpaired) electrons. The highest BCUT2D eigenvalue weighted by Gasteiger charge is 2.42. The zero-order chi connectivity index (χ0) is 19.3. The molecular formula is C23H31ClNO2+. The van der Waals surface area contributed by atoms with Gasteiger partial charge in [0, 0.05) is 29.0 Å². The first-order valence-electron chi connectivity index (χ1n) is 9.77. The molecule has 0 spiro atoms. The van der Waals surface area contributed by atoms with Gasteiger partial charge in [-0.05, 0) is 56.5 Å². The first kappa shape index (κ1) is 20.2. The van der Waals surface area contributed by atoms with Crippen molar-refractivity contribution >= 4 is 11.6 Å². The van der Waals surface area contributed by atoms with Crippen LogP contribution >= 0.6 is 11.6 Å². The van der Waals surface area contributed by atoms with Crippen molar-refractivity contribution in [2.75, 3.05) is 20.3 Å². The third-order valence-corrected chi connectivity index (χ3v) is 5.91. The van der Waals surface area contributed by atoms with Gasteiger partial charge in [-0.1, -0.05) is 35.9 Å². The molecule has 3 nitrogen and oxygen atoms in total. The molecule has 146 valence electrons. The number of halogens is 1. The lowest BCUT2D eigenvalue weighted by molar-refractivity contribution is -0.672. The van der Waals surface area contributed by atoms with Gasteiger partial charge in [-0.25, -0.2) is 0 Å². The Balaban J connectivity index is 1.69. The van der Waals surface area contributed by atoms with E-state index in [-0.39, 0.29) is 11.0 Å². The predicted molar refractivity (Wildman–Crippen MR) is 111 cm³/mol. The van der Waals surface area contributed by atoms with Crippen LogP contribution < -0.4 is 10.1 Å². The third kappa shape index (κ3) is 5.25. The van der Waals surface area contributed by atoms with E-state index in [9.17, 15) is 0 Å². The number of hydrogen-bond acceptors (Lipinski definition) is 2. The molecule has 0 amide bonds. The summed E-state index contributed by atoms with van der Waals surface area (Å²) in [5.74, 6) is 0.912. The second kappa shape index (κ2) is 8.64. The van der Waals surface area contributed by atoms with Gasteiger partial charge in [-0.15, -0.1) is 0 Å². The minimum Gasteiger partial charge on any atom is -0.497 e. The maximum absolute atomic E-state index is 6.03. The Morgan fingerprint density at radius 3 is 2.41 bits per heavy atom. The summed E-state index contributed by atoms with van der Waals surface area (Å²) in [6, 6.07) is 16.8. The fraction of sp³-hybridized carbons (Fsp3) is 0.478. The number of hydrogen-bond donors (Lipinski definition) is 1. The second-order valence-corrected chi connectivity index (χ2v) is 8.64. The van der Waals surface area contributed by atoms with E-state index in [0.717, 1.165) is 49.7 Å². The van der Waals surface area contributed by atoms with Crippen LogP contribution in [0.1, 0.15) is 44.2 Å². The number of ether oxygens (including phenoxy) is 2. The summed E-state index contributed by atoms with van der Waals surface area (Å²) in [6.07, 6.45) is 3.25. The van der Waals surface area contributed by atoms with Crippen LogP contribution in [0.15, 0.2) is 48.5 Å². The Kier molecular flexibility index (Phi) is 6.46. The Morgan fingerprint density at radius 2 is 1.78 bits per heavy atom. The van der Waals surface area contributed by atoms with Crippen LogP contribution in [-0.2, 0) is 16.7 Å². The van der Waals surface area contributed by atoms with E-state index in [1.54, 1.807) is 7.11 Å². The summed E-state index contributed by atoms with van der Waals surface area (Å²) in [7, 11) is 1.72. The van der Waals surface area contributed by atoms with E-state index in [0.29, 0.717) is 0 Å². The summed E-state index contributed by atoms with van der Waals surface area (Å²) >= 11 is 5.98. The number of rotatable bonds is 7. The van der Waals surface area contributed by atoms with E-state index in [4.69, 9.17) is 21.1 Å². The van der Waals surface area contributed by atoms with E-state index in [2.05, 4.69) is 55.6 Å². The molecule has 4 heteroatoms. The molecule has 1 fully saturated rings. The van der Waals surface area contributed by atoms with Crippen molar-refractivity contribution in [2.24, 2.45) is 0 Å². The standard InChI is InChI=1S/C23H30ClNO2/c1-22(2)17-23(13-15-27-22,19-6-10-21(26-3)11-7-19)12-14-25-16-18-4-8-20(24)9-5-18/h4-11,25H,12-17H2,1-3H3/p+1/t23-/m1/s1. The zero-order valence-electron chi connectivity index (χ0n) is 16.6. The third-order valence-electron chi connectivity index (χ3n) is 5.66. The summed E-state index contributed by atoms with van der Waals surface area (Å²) in [5.41, 5.74) is 2.78. The molecule has 1 heterocycles. The lowest BCUT2D eigenvalue weighted by atomic mass is 9.67. The van der Waals surface area contributed by atoms with Crippen LogP contribution in [0.4, 0.5) is 0 Å². The molecule has 0 saturated carbocycles. The van der Waals surface area contributed by atoms with Gasteiger partial charge in [0.15, 0.2) is 0 Å². The molecule has 1 aliphatic heterocycles. The monoisotopic (exact) mass is 388 g/mol. The van der Waals surface area contributed by atoms with Gasteiger partial charge in [0.2, 0.25) is 0 Å². The van der Waals surface area contributed by atoms with Crippen molar-refractivity contribution in [2.45, 2.75) is 50.7 Å². The molecule has 1 saturated heterocycles. The zero-order valence-corrected chi connectivity index (χ0v) is 17.4. The molecule has 0 aromatic heterocycles. The Morgan fingerprint density at radius 1 is 1.07 bits per heavy atom. The minimum atomic E-state index is -0.0889. The Hall–Kier alpha value is -1.55. The molecule has 27 heavy (non-hydrogen) atoms. The van der Waals surface area contributed by atoms with Crippen LogP contribution in [0.25, 0.3) is 0 Å². The number of methoxy groups -OCH3 is 1. The molecule has 1 atom stereocenters. The predicted octanol–water partition coefficient (Wildman–Crippen LogP) is 4.33. The van der Waals surface area contributed by atoms with Crippen LogP contribution in [0.5, 0.6) is 5.75 Å². The fourth-order valence-electron chi connectivity index (χ4n) is 4.29. The van der Waals surface area contributed by atoms with Gasteiger partial charge < -0.3 is 14.8 Å². The van der Waals surface area contributed by atoms with Crippen molar-refractivity contribution in [3.63, 3.8) is 0 Å². The lowest BCUT2D eigenvalue weighted by Gasteiger charge is -2.45. The average Bonchev–Trinajstić information content (AvgIpc) is 2.66. The van der Waals surface area contributed by atoms with Gasteiger partial charge >= 0.3 is 0 Å². The maximum Gasteiger partial charge on any atom is 0.118 e. The Labute approximate surface area is 168 Å². The summed E-state index contributed by atoms with van der Waals surface area (Å²) in [5, 5.41) is 3.19. The summed E-state index contributed by atoms with van der Waals surface area (Å²) in [6.45, 7) is 7.31. The van der Waals surface area contributed by atoms with Gasteiger partial charge in [0.1, 0.15) is 12.3 Å². The van der Waals surface area contributed by atoms with Crippen molar-refractivity contribution in [3.05, 3.63) is 64.7 Å². The number of quaternary nitrogens is 1. The SMILES string of the molecule is COc1ccc([C@]2(CC[NH2+]Cc3ccc(Cl)cc3)CCOC(C)(C)C2)cc1. The normalized spacial score (nSPS) is 21.8. The number of nitrogens with two attached hydrogens (primary N) is 1. The van der Waals surface area contributed by atoms with Crippen molar-refractivity contribution in [1.82, 2.24) is 0 Å². The molecule has 0 bridgehead atoms. The quantitative estimate of drug-likeness (QED) is 0.716. The topological polar surface area (TPSA) is 35.1 Å². The second-order valence-electron chi connectivity index (χ2n) is 8.20. The van der Waals surface area contributed by atoms with Crippen LogP contribution in [-0.4, -0.2) is 25.9 Å². The van der Waals surface area contributed by atoms with Crippen molar-refractivity contribution in [3.8, 4) is 5.75 Å². The first-order chi connectivity index (χ1) is 12.9. The van der Waals surface area contributed by atoms with Crippen molar-refractivity contribution in [1.29, 1.82) is 0 Å². The van der Waals surface area contributed by atoms with Crippen LogP contribution in [0.2, 0.25) is 5.02 Å². The van der Waals surface area contributed by atoms with E-state index >= 15 is 0 Å². The van der Waals surface area contributed by atoms with Crippen molar-refractivity contribution < 1.29 is 14.8 Å². The molecular weight excluding hydrogens is 358 g/mol. The van der Waals surface area contributed by atoms with E-state index in [1.807, 2.05) is 12.1 Å². The van der Waals surface area contributed by atoms with E-state index in [1.165, 1.54) is 11.1 Å². The minimum absolute atomic E-state index is 0.0889. The average molecular weight is 389 g/mol. The van der Waals surface area contributed by atoms with Gasteiger partial charge in [0.05, 0.1) is 19.3 Å². The summed E-state index contributed by atoms with van der Waals surface area (Å²) in [4.78, 5) is 0. The maximum atomic E-state index is 6.03. The Bertz CT molecular complexity index is 727. The largest absolute Gasteiger partial charge is 0.497 e. The molecule has 2 N–H and O–H groups in total. The highest BCUT2D eigenvalue weighted by Crippen LogP contribution is 2.44. The van der Waals surface area contributed by atoms with Crippen LogP contribution in [0.3, 0.4) is 0 Å². The molecule has 0 unspecified atom stereocenters. The lowest BCUT2D eigenvalue weighted by Crippen LogP contribution is -2.83. The fourth-order valence-corrected chi connectivity index (χ4v) is 4.42. The highest BCUT2D eigenvalue weighted by atomic mass is 35.5. The first-order valence-corrected chi connectivity index (χ1v) is 10.1. The van der Waals surface area contributed by atoms with Crippen LogP contribution in [0, 0.1) is 0 Å². The van der Waals surface area contributed by atoms with Gasteiger partial charge in [-0.2, -0.15) is 0 Å².